The Balaban J connectivity index is 1.23. The molecule has 24 heavy (non-hydrogen) atoms. The predicted octanol–water partition coefficient (Wildman–Crippen LogP) is 3.31. The molecule has 2 aliphatic heterocycles. The lowest BCUT2D eigenvalue weighted by molar-refractivity contribution is -0.129. The quantitative estimate of drug-likeness (QED) is 0.775. The monoisotopic (exact) mass is 333 g/mol. The molecule has 4 rings (SSSR count). The summed E-state index contributed by atoms with van der Waals surface area (Å²) in [6.45, 7) is 4.33. The fraction of sp³-hybridized carbons (Fsp3) is 0.850. The van der Waals surface area contributed by atoms with Crippen LogP contribution in [0.2, 0.25) is 0 Å². The molecule has 1 spiro atoms. The Labute approximate surface area is 145 Å². The molecular weight excluding hydrogens is 302 g/mol. The highest BCUT2D eigenvalue weighted by molar-refractivity contribution is 5.93. The van der Waals surface area contributed by atoms with Crippen LogP contribution in [0, 0.1) is 11.3 Å². The van der Waals surface area contributed by atoms with Crippen molar-refractivity contribution in [2.45, 2.75) is 63.9 Å². The highest BCUT2D eigenvalue weighted by Crippen LogP contribution is 2.42. The molecule has 1 unspecified atom stereocenters. The van der Waals surface area contributed by atoms with Crippen molar-refractivity contribution in [3.8, 4) is 0 Å². The van der Waals surface area contributed by atoms with Crippen molar-refractivity contribution in [1.29, 1.82) is 0 Å². The van der Waals surface area contributed by atoms with Crippen LogP contribution in [0.3, 0.4) is 0 Å². The lowest BCUT2D eigenvalue weighted by atomic mass is 9.76. The van der Waals surface area contributed by atoms with E-state index in [0.717, 1.165) is 76.5 Å². The molecule has 0 radical (unpaired) electrons. The molecule has 2 aliphatic carbocycles. The summed E-state index contributed by atoms with van der Waals surface area (Å²) < 4.78 is 11.8. The van der Waals surface area contributed by atoms with Crippen LogP contribution in [0.15, 0.2) is 11.6 Å². The minimum Gasteiger partial charge on any atom is -0.378 e. The van der Waals surface area contributed by atoms with Crippen molar-refractivity contribution in [1.82, 2.24) is 4.90 Å². The van der Waals surface area contributed by atoms with Gasteiger partial charge in [0.25, 0.3) is 0 Å². The molecule has 1 atom stereocenters. The van der Waals surface area contributed by atoms with Crippen molar-refractivity contribution < 1.29 is 14.3 Å². The number of rotatable bonds is 5. The smallest absolute Gasteiger partial charge is 0.249 e. The Kier molecular flexibility index (Phi) is 4.95. The van der Waals surface area contributed by atoms with Gasteiger partial charge in [0, 0.05) is 25.3 Å². The van der Waals surface area contributed by atoms with Gasteiger partial charge in [0.05, 0.1) is 19.3 Å². The molecule has 0 aromatic carbocycles. The van der Waals surface area contributed by atoms with Crippen LogP contribution in [0.1, 0.15) is 57.8 Å². The van der Waals surface area contributed by atoms with Crippen molar-refractivity contribution in [2.75, 3.05) is 32.9 Å². The normalized spacial score (nSPS) is 29.8. The van der Waals surface area contributed by atoms with Gasteiger partial charge in [-0.05, 0) is 69.1 Å². The average Bonchev–Trinajstić information content (AvgIpc) is 3.37. The lowest BCUT2D eigenvalue weighted by Crippen LogP contribution is -2.44. The fourth-order valence-electron chi connectivity index (χ4n) is 4.42. The van der Waals surface area contributed by atoms with Crippen LogP contribution >= 0.6 is 0 Å². The molecular formula is C20H31NO3. The van der Waals surface area contributed by atoms with Crippen LogP contribution in [0.5, 0.6) is 0 Å². The largest absolute Gasteiger partial charge is 0.378 e. The first kappa shape index (κ1) is 16.6. The number of carbonyl (C=O) groups excluding carboxylic acids is 1. The first-order valence-electron chi connectivity index (χ1n) is 9.92. The third-order valence-electron chi connectivity index (χ3n) is 6.32. The zero-order valence-electron chi connectivity index (χ0n) is 14.8. The second-order valence-corrected chi connectivity index (χ2v) is 8.39. The van der Waals surface area contributed by atoms with Gasteiger partial charge in [0.2, 0.25) is 5.91 Å². The summed E-state index contributed by atoms with van der Waals surface area (Å²) in [4.78, 5) is 14.7. The molecule has 1 saturated carbocycles. The third kappa shape index (κ3) is 3.85. The van der Waals surface area contributed by atoms with Gasteiger partial charge in [0.15, 0.2) is 0 Å². The van der Waals surface area contributed by atoms with Gasteiger partial charge >= 0.3 is 0 Å². The van der Waals surface area contributed by atoms with Gasteiger partial charge in [-0.25, -0.2) is 0 Å². The van der Waals surface area contributed by atoms with Crippen molar-refractivity contribution in [2.24, 2.45) is 11.3 Å². The highest BCUT2D eigenvalue weighted by atomic mass is 16.5. The summed E-state index contributed by atoms with van der Waals surface area (Å²) in [6.07, 6.45) is 12.9. The van der Waals surface area contributed by atoms with E-state index in [-0.39, 0.29) is 6.10 Å². The van der Waals surface area contributed by atoms with E-state index >= 15 is 0 Å². The molecule has 0 aromatic heterocycles. The SMILES string of the molecule is O=C(C1=CCCCC1)N1CCC2(CC1)COC(COCC1CC1)C2. The Morgan fingerprint density at radius 2 is 2.08 bits per heavy atom. The predicted molar refractivity (Wildman–Crippen MR) is 92.7 cm³/mol. The summed E-state index contributed by atoms with van der Waals surface area (Å²) in [5, 5.41) is 0. The second kappa shape index (κ2) is 7.17. The van der Waals surface area contributed by atoms with E-state index < -0.39 is 0 Å². The number of amides is 1. The molecule has 0 N–H and O–H groups in total. The summed E-state index contributed by atoms with van der Waals surface area (Å²) in [6, 6.07) is 0. The van der Waals surface area contributed by atoms with Gasteiger partial charge in [0.1, 0.15) is 0 Å². The zero-order chi connectivity index (χ0) is 16.4. The van der Waals surface area contributed by atoms with Gasteiger partial charge in [-0.1, -0.05) is 6.08 Å². The standard InChI is InChI=1S/C20H31NO3/c22-19(17-4-2-1-3-5-17)21-10-8-20(9-11-21)12-18(24-15-20)14-23-13-16-6-7-16/h4,16,18H,1-3,5-15H2. The minimum atomic E-state index is 0.270. The van der Waals surface area contributed by atoms with E-state index in [1.165, 1.54) is 25.7 Å². The Morgan fingerprint density at radius 3 is 2.79 bits per heavy atom. The number of piperidine rings is 1. The Hall–Kier alpha value is -0.870. The van der Waals surface area contributed by atoms with Gasteiger partial charge in [-0.15, -0.1) is 0 Å². The second-order valence-electron chi connectivity index (χ2n) is 8.39. The number of hydrogen-bond donors (Lipinski definition) is 0. The number of carbonyl (C=O) groups is 1. The molecule has 4 heteroatoms. The number of ether oxygens (including phenoxy) is 2. The first-order valence-corrected chi connectivity index (χ1v) is 9.92. The maximum atomic E-state index is 12.6. The van der Waals surface area contributed by atoms with Crippen molar-refractivity contribution >= 4 is 5.91 Å². The van der Waals surface area contributed by atoms with E-state index in [1.807, 2.05) is 0 Å². The van der Waals surface area contributed by atoms with E-state index in [0.29, 0.717) is 11.3 Å². The molecule has 0 bridgehead atoms. The summed E-state index contributed by atoms with van der Waals surface area (Å²) in [5.74, 6) is 1.12. The molecule has 2 saturated heterocycles. The average molecular weight is 333 g/mol. The number of allylic oxidation sites excluding steroid dienone is 1. The van der Waals surface area contributed by atoms with Crippen LogP contribution in [0.25, 0.3) is 0 Å². The Morgan fingerprint density at radius 1 is 1.25 bits per heavy atom. The maximum absolute atomic E-state index is 12.6. The summed E-state index contributed by atoms with van der Waals surface area (Å²) in [5.41, 5.74) is 1.36. The Bertz CT molecular complexity index is 489. The molecule has 134 valence electrons. The summed E-state index contributed by atoms with van der Waals surface area (Å²) >= 11 is 0. The van der Waals surface area contributed by atoms with E-state index in [4.69, 9.17) is 9.47 Å². The van der Waals surface area contributed by atoms with Crippen LogP contribution in [-0.4, -0.2) is 49.8 Å². The fourth-order valence-corrected chi connectivity index (χ4v) is 4.42. The third-order valence-corrected chi connectivity index (χ3v) is 6.32. The minimum absolute atomic E-state index is 0.270. The molecule has 4 aliphatic rings. The molecule has 2 heterocycles. The van der Waals surface area contributed by atoms with Gasteiger partial charge < -0.3 is 14.4 Å². The molecule has 0 aromatic rings. The van der Waals surface area contributed by atoms with E-state index in [1.54, 1.807) is 0 Å². The first-order chi connectivity index (χ1) is 11.7. The van der Waals surface area contributed by atoms with Crippen LogP contribution in [0.4, 0.5) is 0 Å². The summed E-state index contributed by atoms with van der Waals surface area (Å²) in [7, 11) is 0. The van der Waals surface area contributed by atoms with Crippen LogP contribution < -0.4 is 0 Å². The number of likely N-dealkylation sites (tertiary alicyclic amines) is 1. The van der Waals surface area contributed by atoms with E-state index in [2.05, 4.69) is 11.0 Å². The van der Waals surface area contributed by atoms with Crippen LogP contribution in [-0.2, 0) is 14.3 Å². The molecule has 1 amide bonds. The molecule has 3 fully saturated rings. The maximum Gasteiger partial charge on any atom is 0.249 e. The molecule has 4 nitrogen and oxygen atoms in total. The number of nitrogens with zero attached hydrogens (tertiary/aromatic N) is 1. The van der Waals surface area contributed by atoms with Crippen molar-refractivity contribution in [3.63, 3.8) is 0 Å². The highest BCUT2D eigenvalue weighted by Gasteiger charge is 2.43. The topological polar surface area (TPSA) is 38.8 Å². The van der Waals surface area contributed by atoms with Gasteiger partial charge in [-0.2, -0.15) is 0 Å². The van der Waals surface area contributed by atoms with Gasteiger partial charge in [-0.3, -0.25) is 4.79 Å². The van der Waals surface area contributed by atoms with Crippen molar-refractivity contribution in [3.05, 3.63) is 11.6 Å². The van der Waals surface area contributed by atoms with E-state index in [9.17, 15) is 4.79 Å². The number of hydrogen-bond acceptors (Lipinski definition) is 3. The lowest BCUT2D eigenvalue weighted by Gasteiger charge is -2.39. The zero-order valence-corrected chi connectivity index (χ0v) is 14.8.